The second kappa shape index (κ2) is 6.29. The standard InChI is InChI=1S/C19H20N4O2/c1-23(16-6-2-4-12-5-3-9-20-18(12)16)11-17-21-14-8-7-13(19(24)25)10-15(14)22-17/h3,5,7-10,16H,2,4,6,11H2,1H3,(H,21,22)(H,24,25). The molecule has 0 bridgehead atoms. The molecule has 1 aromatic carbocycles. The van der Waals surface area contributed by atoms with Gasteiger partial charge in [0.05, 0.1) is 34.9 Å². The first-order valence-corrected chi connectivity index (χ1v) is 8.48. The number of nitrogens with one attached hydrogen (secondary N) is 1. The van der Waals surface area contributed by atoms with Gasteiger partial charge in [-0.3, -0.25) is 9.88 Å². The highest BCUT2D eigenvalue weighted by Gasteiger charge is 2.25. The number of H-pyrrole nitrogens is 1. The minimum Gasteiger partial charge on any atom is -0.478 e. The van der Waals surface area contributed by atoms with E-state index in [0.717, 1.165) is 36.1 Å². The number of carbonyl (C=O) groups is 1. The maximum absolute atomic E-state index is 11.1. The van der Waals surface area contributed by atoms with Crippen molar-refractivity contribution < 1.29 is 9.90 Å². The summed E-state index contributed by atoms with van der Waals surface area (Å²) >= 11 is 0. The van der Waals surface area contributed by atoms with Gasteiger partial charge in [0, 0.05) is 6.20 Å². The number of nitrogens with zero attached hydrogens (tertiary/aromatic N) is 3. The molecule has 0 fully saturated rings. The van der Waals surface area contributed by atoms with Gasteiger partial charge in [0.1, 0.15) is 5.82 Å². The van der Waals surface area contributed by atoms with Crippen molar-refractivity contribution in [2.45, 2.75) is 31.8 Å². The molecule has 25 heavy (non-hydrogen) atoms. The average molecular weight is 336 g/mol. The number of aromatic nitrogens is 3. The Morgan fingerprint density at radius 3 is 3.12 bits per heavy atom. The van der Waals surface area contributed by atoms with Crippen LogP contribution in [0.2, 0.25) is 0 Å². The molecule has 0 spiro atoms. The third-order valence-electron chi connectivity index (χ3n) is 4.87. The topological polar surface area (TPSA) is 82.1 Å². The highest BCUT2D eigenvalue weighted by molar-refractivity contribution is 5.92. The van der Waals surface area contributed by atoms with Gasteiger partial charge in [0.2, 0.25) is 0 Å². The zero-order valence-electron chi connectivity index (χ0n) is 14.1. The molecule has 4 rings (SSSR count). The zero-order valence-corrected chi connectivity index (χ0v) is 14.1. The van der Waals surface area contributed by atoms with Crippen molar-refractivity contribution in [3.8, 4) is 0 Å². The molecule has 2 N–H and O–H groups in total. The second-order valence-electron chi connectivity index (χ2n) is 6.59. The van der Waals surface area contributed by atoms with Crippen molar-refractivity contribution in [2.24, 2.45) is 0 Å². The number of aromatic carboxylic acids is 1. The van der Waals surface area contributed by atoms with Crippen molar-refractivity contribution in [3.05, 3.63) is 59.2 Å². The van der Waals surface area contributed by atoms with Crippen LogP contribution in [-0.2, 0) is 13.0 Å². The Hall–Kier alpha value is -2.73. The largest absolute Gasteiger partial charge is 0.478 e. The number of aryl methyl sites for hydroxylation is 1. The first-order chi connectivity index (χ1) is 12.1. The quantitative estimate of drug-likeness (QED) is 0.765. The summed E-state index contributed by atoms with van der Waals surface area (Å²) in [6, 6.07) is 9.41. The third-order valence-corrected chi connectivity index (χ3v) is 4.87. The summed E-state index contributed by atoms with van der Waals surface area (Å²) in [5, 5.41) is 9.11. The van der Waals surface area contributed by atoms with E-state index in [0.29, 0.717) is 6.54 Å². The van der Waals surface area contributed by atoms with Crippen LogP contribution in [-0.4, -0.2) is 38.0 Å². The number of benzene rings is 1. The van der Waals surface area contributed by atoms with Crippen LogP contribution in [0.1, 0.15) is 46.3 Å². The van der Waals surface area contributed by atoms with E-state index in [9.17, 15) is 4.79 Å². The van der Waals surface area contributed by atoms with Crippen molar-refractivity contribution in [3.63, 3.8) is 0 Å². The van der Waals surface area contributed by atoms with E-state index < -0.39 is 5.97 Å². The lowest BCUT2D eigenvalue weighted by Crippen LogP contribution is -2.28. The fourth-order valence-electron chi connectivity index (χ4n) is 3.63. The van der Waals surface area contributed by atoms with Crippen molar-refractivity contribution in [1.29, 1.82) is 0 Å². The number of hydrogen-bond acceptors (Lipinski definition) is 4. The molecule has 1 aliphatic rings. The fourth-order valence-corrected chi connectivity index (χ4v) is 3.63. The number of fused-ring (bicyclic) bond motifs is 2. The van der Waals surface area contributed by atoms with E-state index in [1.54, 1.807) is 18.2 Å². The molecule has 1 unspecified atom stereocenters. The molecule has 0 saturated carbocycles. The lowest BCUT2D eigenvalue weighted by atomic mass is 9.91. The Morgan fingerprint density at radius 1 is 1.40 bits per heavy atom. The zero-order chi connectivity index (χ0) is 17.4. The Bertz CT molecular complexity index is 934. The van der Waals surface area contributed by atoms with Gasteiger partial charge in [0.15, 0.2) is 0 Å². The lowest BCUT2D eigenvalue weighted by Gasteiger charge is -2.31. The Morgan fingerprint density at radius 2 is 2.28 bits per heavy atom. The third kappa shape index (κ3) is 3.00. The monoisotopic (exact) mass is 336 g/mol. The molecule has 128 valence electrons. The van der Waals surface area contributed by atoms with Gasteiger partial charge < -0.3 is 10.1 Å². The minimum absolute atomic E-state index is 0.265. The molecule has 1 atom stereocenters. The van der Waals surface area contributed by atoms with Crippen molar-refractivity contribution in [2.75, 3.05) is 7.05 Å². The normalized spacial score (nSPS) is 17.0. The second-order valence-corrected chi connectivity index (χ2v) is 6.59. The van der Waals surface area contributed by atoms with Crippen LogP contribution < -0.4 is 0 Å². The van der Waals surface area contributed by atoms with Gasteiger partial charge >= 0.3 is 5.97 Å². The van der Waals surface area contributed by atoms with Crippen LogP contribution in [0, 0.1) is 0 Å². The lowest BCUT2D eigenvalue weighted by molar-refractivity contribution is 0.0697. The molecule has 2 heterocycles. The van der Waals surface area contributed by atoms with Crippen LogP contribution >= 0.6 is 0 Å². The van der Waals surface area contributed by atoms with Gasteiger partial charge in [-0.25, -0.2) is 9.78 Å². The molecule has 0 saturated heterocycles. The van der Waals surface area contributed by atoms with Crippen LogP contribution in [0.25, 0.3) is 11.0 Å². The SMILES string of the molecule is CN(Cc1nc2ccc(C(=O)O)cc2[nH]1)C1CCCc2cccnc21. The van der Waals surface area contributed by atoms with Gasteiger partial charge in [-0.2, -0.15) is 0 Å². The van der Waals surface area contributed by atoms with Crippen LogP contribution in [0.5, 0.6) is 0 Å². The van der Waals surface area contributed by atoms with E-state index in [4.69, 9.17) is 5.11 Å². The van der Waals surface area contributed by atoms with E-state index in [2.05, 4.69) is 33.0 Å². The summed E-state index contributed by atoms with van der Waals surface area (Å²) in [6.07, 6.45) is 5.20. The molecule has 0 amide bonds. The Kier molecular flexibility index (Phi) is 3.97. The van der Waals surface area contributed by atoms with Gasteiger partial charge in [-0.05, 0) is 56.1 Å². The number of carboxylic acid groups (broad SMARTS) is 1. The number of carboxylic acids is 1. The number of imidazole rings is 1. The van der Waals surface area contributed by atoms with E-state index in [1.165, 1.54) is 11.3 Å². The van der Waals surface area contributed by atoms with Gasteiger partial charge in [-0.1, -0.05) is 6.07 Å². The Balaban J connectivity index is 1.58. The van der Waals surface area contributed by atoms with Crippen molar-refractivity contribution in [1.82, 2.24) is 19.9 Å². The molecular formula is C19H20N4O2. The van der Waals surface area contributed by atoms with E-state index >= 15 is 0 Å². The fraction of sp³-hybridized carbons (Fsp3) is 0.316. The summed E-state index contributed by atoms with van der Waals surface area (Å²) in [4.78, 5) is 25.8. The maximum atomic E-state index is 11.1. The molecule has 6 heteroatoms. The number of pyridine rings is 1. The minimum atomic E-state index is -0.931. The highest BCUT2D eigenvalue weighted by Crippen LogP contribution is 2.32. The highest BCUT2D eigenvalue weighted by atomic mass is 16.4. The predicted octanol–water partition coefficient (Wildman–Crippen LogP) is 3.17. The van der Waals surface area contributed by atoms with Crippen LogP contribution in [0.15, 0.2) is 36.5 Å². The number of rotatable bonds is 4. The van der Waals surface area contributed by atoms with Crippen LogP contribution in [0.3, 0.4) is 0 Å². The molecular weight excluding hydrogens is 316 g/mol. The first-order valence-electron chi connectivity index (χ1n) is 8.48. The smallest absolute Gasteiger partial charge is 0.335 e. The molecule has 2 aromatic heterocycles. The molecule has 0 aliphatic heterocycles. The summed E-state index contributed by atoms with van der Waals surface area (Å²) in [6.45, 7) is 0.664. The van der Waals surface area contributed by atoms with Crippen molar-refractivity contribution >= 4 is 17.0 Å². The Labute approximate surface area is 145 Å². The molecule has 1 aliphatic carbocycles. The number of aromatic amines is 1. The summed E-state index contributed by atoms with van der Waals surface area (Å²) in [5.41, 5.74) is 4.31. The van der Waals surface area contributed by atoms with E-state index in [1.807, 2.05) is 12.3 Å². The van der Waals surface area contributed by atoms with Gasteiger partial charge in [-0.15, -0.1) is 0 Å². The molecule has 6 nitrogen and oxygen atoms in total. The van der Waals surface area contributed by atoms with Crippen LogP contribution in [0.4, 0.5) is 0 Å². The summed E-state index contributed by atoms with van der Waals surface area (Å²) in [7, 11) is 2.09. The number of hydrogen-bond donors (Lipinski definition) is 2. The van der Waals surface area contributed by atoms with Gasteiger partial charge in [0.25, 0.3) is 0 Å². The maximum Gasteiger partial charge on any atom is 0.335 e. The molecule has 0 radical (unpaired) electrons. The summed E-state index contributed by atoms with van der Waals surface area (Å²) < 4.78 is 0. The first kappa shape index (κ1) is 15.8. The molecule has 3 aromatic rings. The predicted molar refractivity (Wildman–Crippen MR) is 94.4 cm³/mol. The van der Waals surface area contributed by atoms with E-state index in [-0.39, 0.29) is 11.6 Å². The average Bonchev–Trinajstić information content (AvgIpc) is 3.02. The summed E-state index contributed by atoms with van der Waals surface area (Å²) in [5.74, 6) is -0.0943.